The molecule has 1 atom stereocenters. The Balaban J connectivity index is 2.11. The lowest BCUT2D eigenvalue weighted by atomic mass is 9.79. The summed E-state index contributed by atoms with van der Waals surface area (Å²) in [5.74, 6) is 0.713. The molecule has 1 aliphatic rings. The van der Waals surface area contributed by atoms with Crippen LogP contribution in [0, 0.1) is 15.3 Å². The van der Waals surface area contributed by atoms with E-state index in [2.05, 4.69) is 27.9 Å². The molecule has 0 bridgehead atoms. The van der Waals surface area contributed by atoms with Crippen molar-refractivity contribution in [1.29, 1.82) is 0 Å². The monoisotopic (exact) mass is 333 g/mol. The van der Waals surface area contributed by atoms with Gasteiger partial charge in [-0.1, -0.05) is 25.3 Å². The zero-order chi connectivity index (χ0) is 11.5. The summed E-state index contributed by atoms with van der Waals surface area (Å²) in [4.78, 5) is 0. The van der Waals surface area contributed by atoms with Crippen molar-refractivity contribution < 1.29 is 4.39 Å². The van der Waals surface area contributed by atoms with E-state index in [1.165, 1.54) is 31.2 Å². The van der Waals surface area contributed by atoms with Gasteiger partial charge in [-0.15, -0.1) is 0 Å². The quantitative estimate of drug-likeness (QED) is 0.825. The first-order valence-corrected chi connectivity index (χ1v) is 6.91. The minimum atomic E-state index is -0.147. The maximum Gasteiger partial charge on any atom is 0.124 e. The van der Waals surface area contributed by atoms with Crippen molar-refractivity contribution in [3.63, 3.8) is 0 Å². The highest BCUT2D eigenvalue weighted by Crippen LogP contribution is 2.35. The van der Waals surface area contributed by atoms with Gasteiger partial charge in [-0.05, 0) is 59.7 Å². The van der Waals surface area contributed by atoms with Crippen LogP contribution in [0.15, 0.2) is 18.2 Å². The van der Waals surface area contributed by atoms with Gasteiger partial charge >= 0.3 is 0 Å². The van der Waals surface area contributed by atoms with E-state index in [1.54, 1.807) is 12.1 Å². The molecule has 1 nitrogen and oxygen atoms in total. The summed E-state index contributed by atoms with van der Waals surface area (Å²) in [6.07, 6.45) is 5.27. The molecule has 1 saturated carbocycles. The van der Waals surface area contributed by atoms with Gasteiger partial charge in [-0.3, -0.25) is 0 Å². The van der Waals surface area contributed by atoms with Crippen LogP contribution in [0.25, 0.3) is 0 Å². The van der Waals surface area contributed by atoms with Crippen molar-refractivity contribution in [2.45, 2.75) is 31.7 Å². The highest BCUT2D eigenvalue weighted by molar-refractivity contribution is 14.1. The molecule has 0 heterocycles. The van der Waals surface area contributed by atoms with Gasteiger partial charge in [0.25, 0.3) is 0 Å². The lowest BCUT2D eigenvalue weighted by Crippen LogP contribution is -2.23. The smallest absolute Gasteiger partial charge is 0.124 e. The third-order valence-corrected chi connectivity index (χ3v) is 4.41. The van der Waals surface area contributed by atoms with Crippen LogP contribution in [0.3, 0.4) is 0 Å². The van der Waals surface area contributed by atoms with E-state index in [0.717, 1.165) is 9.49 Å². The van der Waals surface area contributed by atoms with Crippen molar-refractivity contribution in [3.05, 3.63) is 33.1 Å². The summed E-state index contributed by atoms with van der Waals surface area (Å²) in [7, 11) is 1.99. The Morgan fingerprint density at radius 1 is 1.50 bits per heavy atom. The summed E-state index contributed by atoms with van der Waals surface area (Å²) < 4.78 is 14.1. The summed E-state index contributed by atoms with van der Waals surface area (Å²) >= 11 is 2.22. The third-order valence-electron chi connectivity index (χ3n) is 3.48. The predicted octanol–water partition coefficient (Wildman–Crippen LogP) is 3.88. The van der Waals surface area contributed by atoms with Crippen LogP contribution < -0.4 is 5.32 Å². The molecule has 1 aromatic rings. The van der Waals surface area contributed by atoms with Crippen molar-refractivity contribution in [1.82, 2.24) is 5.32 Å². The molecule has 0 spiro atoms. The number of hydrogen-bond acceptors (Lipinski definition) is 1. The third kappa shape index (κ3) is 2.74. The predicted molar refractivity (Wildman–Crippen MR) is 72.9 cm³/mol. The SMILES string of the molecule is CNC(CC1CCC1)c1ccc(F)cc1I. The van der Waals surface area contributed by atoms with E-state index in [1.807, 2.05) is 13.1 Å². The first-order chi connectivity index (χ1) is 7.70. The molecule has 0 aliphatic heterocycles. The van der Waals surface area contributed by atoms with Crippen LogP contribution in [0.5, 0.6) is 0 Å². The van der Waals surface area contributed by atoms with Gasteiger partial charge in [0.1, 0.15) is 5.82 Å². The van der Waals surface area contributed by atoms with Gasteiger partial charge in [-0.2, -0.15) is 0 Å². The zero-order valence-corrected chi connectivity index (χ0v) is 11.6. The van der Waals surface area contributed by atoms with Crippen LogP contribution in [-0.2, 0) is 0 Å². The van der Waals surface area contributed by atoms with E-state index in [-0.39, 0.29) is 5.82 Å². The van der Waals surface area contributed by atoms with Gasteiger partial charge in [0.15, 0.2) is 0 Å². The largest absolute Gasteiger partial charge is 0.313 e. The van der Waals surface area contributed by atoms with Crippen molar-refractivity contribution >= 4 is 22.6 Å². The topological polar surface area (TPSA) is 12.0 Å². The lowest BCUT2D eigenvalue weighted by Gasteiger charge is -2.30. The van der Waals surface area contributed by atoms with Crippen LogP contribution in [0.1, 0.15) is 37.3 Å². The van der Waals surface area contributed by atoms with Crippen LogP contribution in [0.2, 0.25) is 0 Å². The van der Waals surface area contributed by atoms with Crippen molar-refractivity contribution in [2.24, 2.45) is 5.92 Å². The maximum atomic E-state index is 13.0. The minimum Gasteiger partial charge on any atom is -0.313 e. The molecule has 1 N–H and O–H groups in total. The van der Waals surface area contributed by atoms with E-state index in [4.69, 9.17) is 0 Å². The van der Waals surface area contributed by atoms with E-state index >= 15 is 0 Å². The average molecular weight is 333 g/mol. The molecule has 0 aromatic heterocycles. The van der Waals surface area contributed by atoms with Crippen LogP contribution in [-0.4, -0.2) is 7.05 Å². The molecular weight excluding hydrogens is 316 g/mol. The number of rotatable bonds is 4. The molecular formula is C13H17FIN. The number of nitrogens with one attached hydrogen (secondary N) is 1. The molecule has 16 heavy (non-hydrogen) atoms. The number of halogens is 2. The van der Waals surface area contributed by atoms with E-state index < -0.39 is 0 Å². The summed E-state index contributed by atoms with van der Waals surface area (Å²) in [6, 6.07) is 5.46. The van der Waals surface area contributed by atoms with Crippen molar-refractivity contribution in [2.75, 3.05) is 7.05 Å². The van der Waals surface area contributed by atoms with E-state index in [9.17, 15) is 4.39 Å². The molecule has 1 fully saturated rings. The lowest BCUT2D eigenvalue weighted by molar-refractivity contribution is 0.265. The minimum absolute atomic E-state index is 0.147. The highest BCUT2D eigenvalue weighted by Gasteiger charge is 2.23. The molecule has 0 saturated heterocycles. The van der Waals surface area contributed by atoms with Crippen LogP contribution in [0.4, 0.5) is 4.39 Å². The fourth-order valence-electron chi connectivity index (χ4n) is 2.25. The van der Waals surface area contributed by atoms with Gasteiger partial charge in [-0.25, -0.2) is 4.39 Å². The fraction of sp³-hybridized carbons (Fsp3) is 0.538. The second-order valence-electron chi connectivity index (χ2n) is 4.54. The number of hydrogen-bond donors (Lipinski definition) is 1. The van der Waals surface area contributed by atoms with Crippen molar-refractivity contribution in [3.8, 4) is 0 Å². The Labute approximate surface area is 110 Å². The zero-order valence-electron chi connectivity index (χ0n) is 9.47. The molecule has 3 heteroatoms. The molecule has 88 valence electrons. The first kappa shape index (κ1) is 12.3. The average Bonchev–Trinajstić information content (AvgIpc) is 2.18. The van der Waals surface area contributed by atoms with Gasteiger partial charge < -0.3 is 5.32 Å². The first-order valence-electron chi connectivity index (χ1n) is 5.83. The Morgan fingerprint density at radius 2 is 2.25 bits per heavy atom. The Kier molecular flexibility index (Phi) is 4.19. The highest BCUT2D eigenvalue weighted by atomic mass is 127. The van der Waals surface area contributed by atoms with Crippen LogP contribution >= 0.6 is 22.6 Å². The Bertz CT molecular complexity index is 363. The molecule has 1 aromatic carbocycles. The summed E-state index contributed by atoms with van der Waals surface area (Å²) in [6.45, 7) is 0. The van der Waals surface area contributed by atoms with Gasteiger partial charge in [0.05, 0.1) is 0 Å². The molecule has 2 rings (SSSR count). The molecule has 1 unspecified atom stereocenters. The number of benzene rings is 1. The molecule has 0 amide bonds. The Morgan fingerprint density at radius 3 is 2.75 bits per heavy atom. The molecule has 1 aliphatic carbocycles. The standard InChI is InChI=1S/C13H17FIN/c1-16-13(7-9-3-2-4-9)11-6-5-10(14)8-12(11)15/h5-6,8-9,13,16H,2-4,7H2,1H3. The summed E-state index contributed by atoms with van der Waals surface area (Å²) in [5, 5.41) is 3.35. The molecule has 0 radical (unpaired) electrons. The second kappa shape index (κ2) is 5.45. The normalized spacial score (nSPS) is 18.2. The van der Waals surface area contributed by atoms with E-state index in [0.29, 0.717) is 6.04 Å². The second-order valence-corrected chi connectivity index (χ2v) is 5.70. The van der Waals surface area contributed by atoms with Gasteiger partial charge in [0, 0.05) is 9.61 Å². The fourth-order valence-corrected chi connectivity index (χ4v) is 3.10. The maximum absolute atomic E-state index is 13.0. The Hall–Kier alpha value is -0.160. The summed E-state index contributed by atoms with van der Waals surface area (Å²) in [5.41, 5.74) is 1.23. The van der Waals surface area contributed by atoms with Gasteiger partial charge in [0.2, 0.25) is 0 Å².